The molecule has 8 nitrogen and oxygen atoms in total. The number of amides is 1. The Morgan fingerprint density at radius 1 is 0.867 bits per heavy atom. The van der Waals surface area contributed by atoms with Crippen LogP contribution in [0.2, 0.25) is 10.0 Å². The SMILES string of the molecule is CN(C(=O)Cc1ccc(Cl)c(Cl)c1)[C@@H]1c2cc(N(CC(=O)OC(C)(C)C)CC(=O)OC(C)(C)C)ccc2CC[C@H]1N1CCCC1. The maximum atomic E-state index is 13.9. The first kappa shape index (κ1) is 35.1. The third-order valence-corrected chi connectivity index (χ3v) is 8.87. The van der Waals surface area contributed by atoms with Crippen LogP contribution >= 0.6 is 23.2 Å². The summed E-state index contributed by atoms with van der Waals surface area (Å²) in [6.45, 7) is 12.6. The number of anilines is 1. The molecule has 1 heterocycles. The Morgan fingerprint density at radius 2 is 1.47 bits per heavy atom. The number of likely N-dealkylation sites (N-methyl/N-ethyl adjacent to an activating group) is 1. The fraction of sp³-hybridized carbons (Fsp3) is 0.571. The molecule has 10 heteroatoms. The Kier molecular flexibility index (Phi) is 11.1. The Labute approximate surface area is 277 Å². The number of fused-ring (bicyclic) bond motifs is 1. The average Bonchev–Trinajstić information content (AvgIpc) is 3.46. The monoisotopic (exact) mass is 659 g/mol. The highest BCUT2D eigenvalue weighted by Crippen LogP contribution is 2.40. The van der Waals surface area contributed by atoms with Gasteiger partial charge in [-0.05, 0) is 121 Å². The molecule has 2 aromatic carbocycles. The zero-order chi connectivity index (χ0) is 33.1. The lowest BCUT2D eigenvalue weighted by atomic mass is 9.82. The number of ether oxygens (including phenoxy) is 2. The van der Waals surface area contributed by atoms with Crippen molar-refractivity contribution in [3.63, 3.8) is 0 Å². The molecular formula is C35H47Cl2N3O5. The Morgan fingerprint density at radius 3 is 2.02 bits per heavy atom. The number of carbonyl (C=O) groups is 3. The van der Waals surface area contributed by atoms with Crippen molar-refractivity contribution < 1.29 is 23.9 Å². The highest BCUT2D eigenvalue weighted by Gasteiger charge is 2.39. The Hall–Kier alpha value is -2.81. The first-order chi connectivity index (χ1) is 21.0. The second-order valence-electron chi connectivity index (χ2n) is 14.1. The minimum Gasteiger partial charge on any atom is -0.459 e. The third-order valence-electron chi connectivity index (χ3n) is 8.13. The largest absolute Gasteiger partial charge is 0.459 e. The predicted molar refractivity (Wildman–Crippen MR) is 179 cm³/mol. The summed E-state index contributed by atoms with van der Waals surface area (Å²) < 4.78 is 11.2. The van der Waals surface area contributed by atoms with Gasteiger partial charge in [0.05, 0.1) is 22.5 Å². The van der Waals surface area contributed by atoms with E-state index < -0.39 is 23.1 Å². The number of rotatable bonds is 9. The first-order valence-corrected chi connectivity index (χ1v) is 16.5. The van der Waals surface area contributed by atoms with E-state index in [0.717, 1.165) is 55.5 Å². The van der Waals surface area contributed by atoms with Gasteiger partial charge < -0.3 is 19.3 Å². The number of hydrogen-bond donors (Lipinski definition) is 0. The number of aryl methyl sites for hydroxylation is 1. The molecule has 0 unspecified atom stereocenters. The van der Waals surface area contributed by atoms with Crippen molar-refractivity contribution in [2.45, 2.75) is 96.9 Å². The van der Waals surface area contributed by atoms with Gasteiger partial charge in [0.25, 0.3) is 0 Å². The van der Waals surface area contributed by atoms with E-state index in [2.05, 4.69) is 11.0 Å². The van der Waals surface area contributed by atoms with Crippen LogP contribution in [0.3, 0.4) is 0 Å². The van der Waals surface area contributed by atoms with Crippen molar-refractivity contribution >= 4 is 46.7 Å². The Balaban J connectivity index is 1.70. The van der Waals surface area contributed by atoms with Crippen LogP contribution in [-0.2, 0) is 36.7 Å². The molecule has 4 rings (SSSR count). The van der Waals surface area contributed by atoms with Gasteiger partial charge in [-0.2, -0.15) is 0 Å². The minimum atomic E-state index is -0.671. The van der Waals surface area contributed by atoms with Gasteiger partial charge in [-0.3, -0.25) is 19.3 Å². The molecule has 45 heavy (non-hydrogen) atoms. The summed E-state index contributed by atoms with van der Waals surface area (Å²) in [5.41, 5.74) is 2.33. The highest BCUT2D eigenvalue weighted by atomic mass is 35.5. The zero-order valence-corrected chi connectivity index (χ0v) is 29.1. The maximum Gasteiger partial charge on any atom is 0.326 e. The first-order valence-electron chi connectivity index (χ1n) is 15.8. The molecule has 0 aromatic heterocycles. The molecule has 246 valence electrons. The predicted octanol–water partition coefficient (Wildman–Crippen LogP) is 6.64. The van der Waals surface area contributed by atoms with Crippen LogP contribution in [0.15, 0.2) is 36.4 Å². The van der Waals surface area contributed by atoms with Crippen molar-refractivity contribution in [1.82, 2.24) is 9.80 Å². The molecule has 0 radical (unpaired) electrons. The van der Waals surface area contributed by atoms with Crippen LogP contribution in [0.5, 0.6) is 0 Å². The van der Waals surface area contributed by atoms with E-state index in [9.17, 15) is 14.4 Å². The van der Waals surface area contributed by atoms with E-state index in [1.165, 1.54) is 0 Å². The average molecular weight is 661 g/mol. The normalized spacial score (nSPS) is 18.7. The van der Waals surface area contributed by atoms with E-state index in [-0.39, 0.29) is 37.5 Å². The Bertz CT molecular complexity index is 1360. The summed E-state index contributed by atoms with van der Waals surface area (Å²) in [5, 5.41) is 0.869. The molecule has 2 atom stereocenters. The summed E-state index contributed by atoms with van der Waals surface area (Å²) in [6, 6.07) is 11.3. The number of nitrogens with zero attached hydrogens (tertiary/aromatic N) is 3. The number of benzene rings is 2. The third kappa shape index (κ3) is 9.60. The summed E-state index contributed by atoms with van der Waals surface area (Å²) in [6.07, 6.45) is 4.27. The van der Waals surface area contributed by atoms with Crippen molar-refractivity contribution in [2.24, 2.45) is 0 Å². The molecule has 1 aliphatic heterocycles. The molecule has 0 N–H and O–H groups in total. The van der Waals surface area contributed by atoms with Crippen LogP contribution in [0, 0.1) is 0 Å². The summed E-state index contributed by atoms with van der Waals surface area (Å²) in [7, 11) is 1.87. The van der Waals surface area contributed by atoms with Gasteiger partial charge in [0, 0.05) is 18.8 Å². The van der Waals surface area contributed by atoms with Crippen LogP contribution in [0.25, 0.3) is 0 Å². The number of carbonyl (C=O) groups excluding carboxylic acids is 3. The summed E-state index contributed by atoms with van der Waals surface area (Å²) in [4.78, 5) is 45.9. The van der Waals surface area contributed by atoms with Crippen molar-refractivity contribution in [1.29, 1.82) is 0 Å². The van der Waals surface area contributed by atoms with Gasteiger partial charge in [0.2, 0.25) is 5.91 Å². The van der Waals surface area contributed by atoms with Crippen LogP contribution in [0.1, 0.15) is 83.5 Å². The van der Waals surface area contributed by atoms with Crippen molar-refractivity contribution in [3.05, 3.63) is 63.1 Å². The standard InChI is InChI=1S/C35H47Cl2N3O5/c1-34(2,3)44-31(42)21-40(22-32(43)45-35(4,5)6)25-13-11-24-12-15-29(39-16-8-9-17-39)33(26(24)20-25)38(7)30(41)19-23-10-14-27(36)28(37)18-23/h10-11,13-14,18,20,29,33H,8-9,12,15-17,19,21-22H2,1-7H3/t29-,33-/m1/s1. The van der Waals surface area contributed by atoms with E-state index in [4.69, 9.17) is 32.7 Å². The second kappa shape index (κ2) is 14.3. The van der Waals surface area contributed by atoms with Crippen molar-refractivity contribution in [2.75, 3.05) is 38.1 Å². The maximum absolute atomic E-state index is 13.9. The van der Waals surface area contributed by atoms with Crippen LogP contribution in [0.4, 0.5) is 5.69 Å². The van der Waals surface area contributed by atoms with Crippen LogP contribution < -0.4 is 4.90 Å². The molecule has 1 aliphatic carbocycles. The van der Waals surface area contributed by atoms with Gasteiger partial charge in [0.1, 0.15) is 24.3 Å². The molecule has 0 saturated carbocycles. The molecule has 2 aliphatic rings. The van der Waals surface area contributed by atoms with Gasteiger partial charge in [0.15, 0.2) is 0 Å². The molecule has 0 bridgehead atoms. The highest BCUT2D eigenvalue weighted by molar-refractivity contribution is 6.42. The zero-order valence-electron chi connectivity index (χ0n) is 27.6. The smallest absolute Gasteiger partial charge is 0.326 e. The fourth-order valence-electron chi connectivity index (χ4n) is 6.27. The lowest BCUT2D eigenvalue weighted by molar-refractivity contribution is -0.154. The summed E-state index contributed by atoms with van der Waals surface area (Å²) >= 11 is 12.4. The van der Waals surface area contributed by atoms with Gasteiger partial charge in [-0.1, -0.05) is 35.3 Å². The van der Waals surface area contributed by atoms with Crippen molar-refractivity contribution in [3.8, 4) is 0 Å². The lowest BCUT2D eigenvalue weighted by Gasteiger charge is -2.44. The fourth-order valence-corrected chi connectivity index (χ4v) is 6.60. The van der Waals surface area contributed by atoms with Gasteiger partial charge in [-0.15, -0.1) is 0 Å². The van der Waals surface area contributed by atoms with E-state index >= 15 is 0 Å². The number of esters is 2. The molecule has 1 amide bonds. The summed E-state index contributed by atoms with van der Waals surface area (Å²) in [5.74, 6) is -0.909. The molecule has 2 aromatic rings. The topological polar surface area (TPSA) is 79.4 Å². The number of likely N-dealkylation sites (tertiary alicyclic amines) is 1. The molecule has 1 saturated heterocycles. The molecule has 0 spiro atoms. The molecule has 1 fully saturated rings. The van der Waals surface area contributed by atoms with E-state index in [1.807, 2.05) is 71.7 Å². The quantitative estimate of drug-likeness (QED) is 0.279. The van der Waals surface area contributed by atoms with Gasteiger partial charge >= 0.3 is 11.9 Å². The van der Waals surface area contributed by atoms with Gasteiger partial charge in [-0.25, -0.2) is 0 Å². The lowest BCUT2D eigenvalue weighted by Crippen LogP contribution is -2.49. The molecular weight excluding hydrogens is 613 g/mol. The number of hydrogen-bond acceptors (Lipinski definition) is 7. The second-order valence-corrected chi connectivity index (χ2v) is 15.0. The van der Waals surface area contributed by atoms with Crippen LogP contribution in [-0.4, -0.2) is 78.1 Å². The van der Waals surface area contributed by atoms with E-state index in [0.29, 0.717) is 15.7 Å². The van der Waals surface area contributed by atoms with E-state index in [1.54, 1.807) is 17.0 Å². The minimum absolute atomic E-state index is 0.0276. The number of halogens is 2.